The summed E-state index contributed by atoms with van der Waals surface area (Å²) in [6, 6.07) is 0. The van der Waals surface area contributed by atoms with E-state index in [-0.39, 0.29) is 0 Å². The molecule has 7 heteroatoms. The van der Waals surface area contributed by atoms with Gasteiger partial charge in [-0.3, -0.25) is 0 Å². The predicted octanol–water partition coefficient (Wildman–Crippen LogP) is 0.846. The summed E-state index contributed by atoms with van der Waals surface area (Å²) in [4.78, 5) is 12.3. The number of aromatic nitrogens is 4. The molecule has 0 saturated heterocycles. The minimum absolute atomic E-state index is 0.414. The second kappa shape index (κ2) is 6.03. The third kappa shape index (κ3) is 3.12. The number of nitrogens with two attached hydrogens (primary N) is 1. The molecule has 0 aliphatic rings. The smallest absolute Gasteiger partial charge is 0.242 e. The van der Waals surface area contributed by atoms with Gasteiger partial charge in [0, 0.05) is 32.4 Å². The lowest BCUT2D eigenvalue weighted by Gasteiger charge is -2.10. The fourth-order valence-corrected chi connectivity index (χ4v) is 1.70. The minimum atomic E-state index is 0.414. The average molecular weight is 262 g/mol. The maximum atomic E-state index is 5.93. The molecule has 7 nitrogen and oxygen atoms in total. The SMILES string of the molecule is CCOc1ncnc(NCCc2nccn2C)c1N. The molecule has 0 unspecified atom stereocenters. The van der Waals surface area contributed by atoms with Crippen molar-refractivity contribution >= 4 is 11.5 Å². The molecule has 2 aromatic rings. The van der Waals surface area contributed by atoms with Crippen molar-refractivity contribution < 1.29 is 4.74 Å². The summed E-state index contributed by atoms with van der Waals surface area (Å²) < 4.78 is 7.30. The molecule has 2 heterocycles. The number of imidazole rings is 1. The normalized spacial score (nSPS) is 10.4. The van der Waals surface area contributed by atoms with Gasteiger partial charge in [-0.25, -0.2) is 9.97 Å². The second-order valence-electron chi connectivity index (χ2n) is 4.01. The van der Waals surface area contributed by atoms with Crippen LogP contribution in [0.25, 0.3) is 0 Å². The molecule has 0 aliphatic heterocycles. The van der Waals surface area contributed by atoms with E-state index in [2.05, 4.69) is 20.3 Å². The average Bonchev–Trinajstić information content (AvgIpc) is 2.80. The summed E-state index contributed by atoms with van der Waals surface area (Å²) in [5, 5.41) is 3.17. The molecule has 2 rings (SSSR count). The van der Waals surface area contributed by atoms with Gasteiger partial charge in [-0.15, -0.1) is 0 Å². The van der Waals surface area contributed by atoms with Gasteiger partial charge in [0.05, 0.1) is 6.61 Å². The van der Waals surface area contributed by atoms with E-state index in [1.54, 1.807) is 6.20 Å². The number of rotatable bonds is 6. The van der Waals surface area contributed by atoms with Crippen LogP contribution in [0.4, 0.5) is 11.5 Å². The minimum Gasteiger partial charge on any atom is -0.476 e. The Morgan fingerprint density at radius 3 is 2.89 bits per heavy atom. The Hall–Kier alpha value is -2.31. The van der Waals surface area contributed by atoms with E-state index in [4.69, 9.17) is 10.5 Å². The summed E-state index contributed by atoms with van der Waals surface area (Å²) >= 11 is 0. The van der Waals surface area contributed by atoms with Gasteiger partial charge in [0.1, 0.15) is 17.8 Å². The topological polar surface area (TPSA) is 90.9 Å². The van der Waals surface area contributed by atoms with Crippen LogP contribution in [0, 0.1) is 0 Å². The molecule has 3 N–H and O–H groups in total. The fraction of sp³-hybridized carbons (Fsp3) is 0.417. The molecule has 0 fully saturated rings. The molecule has 0 atom stereocenters. The maximum absolute atomic E-state index is 5.93. The molecule has 0 saturated carbocycles. The number of nitrogens with one attached hydrogen (secondary N) is 1. The van der Waals surface area contributed by atoms with Gasteiger partial charge in [-0.2, -0.15) is 4.98 Å². The van der Waals surface area contributed by atoms with Gasteiger partial charge in [-0.1, -0.05) is 0 Å². The number of hydrogen-bond acceptors (Lipinski definition) is 6. The zero-order chi connectivity index (χ0) is 13.7. The highest BCUT2D eigenvalue weighted by Crippen LogP contribution is 2.24. The fourth-order valence-electron chi connectivity index (χ4n) is 1.70. The highest BCUT2D eigenvalue weighted by atomic mass is 16.5. The van der Waals surface area contributed by atoms with Crippen molar-refractivity contribution in [3.8, 4) is 5.88 Å². The van der Waals surface area contributed by atoms with E-state index < -0.39 is 0 Å². The third-order valence-electron chi connectivity index (χ3n) is 2.69. The predicted molar refractivity (Wildman–Crippen MR) is 73.0 cm³/mol. The van der Waals surface area contributed by atoms with E-state index in [0.29, 0.717) is 30.5 Å². The monoisotopic (exact) mass is 262 g/mol. The Balaban J connectivity index is 1.96. The van der Waals surface area contributed by atoms with Crippen molar-refractivity contribution in [1.29, 1.82) is 0 Å². The Labute approximate surface area is 111 Å². The van der Waals surface area contributed by atoms with Crippen LogP contribution in [0.5, 0.6) is 5.88 Å². The molecule has 2 aromatic heterocycles. The van der Waals surface area contributed by atoms with Gasteiger partial charge in [-0.05, 0) is 6.92 Å². The van der Waals surface area contributed by atoms with Gasteiger partial charge in [0.15, 0.2) is 5.82 Å². The Morgan fingerprint density at radius 1 is 1.37 bits per heavy atom. The van der Waals surface area contributed by atoms with E-state index in [1.807, 2.05) is 24.7 Å². The second-order valence-corrected chi connectivity index (χ2v) is 4.01. The van der Waals surface area contributed by atoms with Crippen LogP contribution in [0.1, 0.15) is 12.7 Å². The Kier molecular flexibility index (Phi) is 4.17. The molecule has 0 radical (unpaired) electrons. The van der Waals surface area contributed by atoms with Crippen LogP contribution >= 0.6 is 0 Å². The van der Waals surface area contributed by atoms with Crippen molar-refractivity contribution in [1.82, 2.24) is 19.5 Å². The molecule has 0 bridgehead atoms. The van der Waals surface area contributed by atoms with Crippen LogP contribution in [-0.4, -0.2) is 32.7 Å². The van der Waals surface area contributed by atoms with Crippen molar-refractivity contribution in [3.63, 3.8) is 0 Å². The number of ether oxygens (including phenoxy) is 1. The zero-order valence-electron chi connectivity index (χ0n) is 11.1. The summed E-state index contributed by atoms with van der Waals surface area (Å²) in [5.41, 5.74) is 6.36. The maximum Gasteiger partial charge on any atom is 0.242 e. The van der Waals surface area contributed by atoms with Crippen LogP contribution in [-0.2, 0) is 13.5 Å². The summed E-state index contributed by atoms with van der Waals surface area (Å²) in [6.07, 6.45) is 5.92. The first-order valence-electron chi connectivity index (χ1n) is 6.15. The lowest BCUT2D eigenvalue weighted by atomic mass is 10.4. The van der Waals surface area contributed by atoms with Gasteiger partial charge in [0.2, 0.25) is 5.88 Å². The number of anilines is 2. The Morgan fingerprint density at radius 2 is 2.21 bits per heavy atom. The van der Waals surface area contributed by atoms with Gasteiger partial charge >= 0.3 is 0 Å². The van der Waals surface area contributed by atoms with E-state index in [1.165, 1.54) is 6.33 Å². The van der Waals surface area contributed by atoms with E-state index >= 15 is 0 Å². The Bertz CT molecular complexity index is 539. The van der Waals surface area contributed by atoms with Gasteiger partial charge < -0.3 is 20.4 Å². The first-order chi connectivity index (χ1) is 9.22. The molecule has 0 spiro atoms. The highest BCUT2D eigenvalue weighted by molar-refractivity contribution is 5.66. The van der Waals surface area contributed by atoms with Crippen molar-refractivity contribution in [2.75, 3.05) is 24.2 Å². The number of aryl methyl sites for hydroxylation is 1. The summed E-state index contributed by atoms with van der Waals surface area (Å²) in [6.45, 7) is 3.10. The number of nitrogens with zero attached hydrogens (tertiary/aromatic N) is 4. The van der Waals surface area contributed by atoms with Crippen LogP contribution in [0.3, 0.4) is 0 Å². The quantitative estimate of drug-likeness (QED) is 0.802. The van der Waals surface area contributed by atoms with Gasteiger partial charge in [0.25, 0.3) is 0 Å². The molecule has 0 aliphatic carbocycles. The molecule has 102 valence electrons. The van der Waals surface area contributed by atoms with E-state index in [9.17, 15) is 0 Å². The third-order valence-corrected chi connectivity index (χ3v) is 2.69. The van der Waals surface area contributed by atoms with Crippen LogP contribution < -0.4 is 15.8 Å². The number of hydrogen-bond donors (Lipinski definition) is 2. The molecular weight excluding hydrogens is 244 g/mol. The number of nitrogen functional groups attached to an aromatic ring is 1. The molecule has 0 aromatic carbocycles. The van der Waals surface area contributed by atoms with Crippen molar-refractivity contribution in [2.24, 2.45) is 7.05 Å². The van der Waals surface area contributed by atoms with Crippen molar-refractivity contribution in [2.45, 2.75) is 13.3 Å². The standard InChI is InChI=1S/C12H18N6O/c1-3-19-12-10(13)11(16-8-17-12)15-5-4-9-14-6-7-18(9)2/h6-8H,3-5,13H2,1-2H3,(H,15,16,17). The lowest BCUT2D eigenvalue weighted by molar-refractivity contribution is 0.328. The first kappa shape index (κ1) is 13.1. The van der Waals surface area contributed by atoms with Crippen LogP contribution in [0.2, 0.25) is 0 Å². The highest BCUT2D eigenvalue weighted by Gasteiger charge is 2.08. The van der Waals surface area contributed by atoms with Crippen LogP contribution in [0.15, 0.2) is 18.7 Å². The lowest BCUT2D eigenvalue weighted by Crippen LogP contribution is -2.12. The molecule has 19 heavy (non-hydrogen) atoms. The zero-order valence-corrected chi connectivity index (χ0v) is 11.1. The summed E-state index contributed by atoms with van der Waals surface area (Å²) in [7, 11) is 1.97. The van der Waals surface area contributed by atoms with Crippen molar-refractivity contribution in [3.05, 3.63) is 24.5 Å². The first-order valence-corrected chi connectivity index (χ1v) is 6.15. The summed E-state index contributed by atoms with van der Waals surface area (Å²) in [5.74, 6) is 2.01. The molecular formula is C12H18N6O. The molecule has 0 amide bonds. The largest absolute Gasteiger partial charge is 0.476 e. The van der Waals surface area contributed by atoms with E-state index in [0.717, 1.165) is 12.2 Å².